The molecule has 11 heteroatoms. The van der Waals surface area contributed by atoms with Gasteiger partial charge in [-0.15, -0.1) is 0 Å². The Labute approximate surface area is 236 Å². The number of carbonyl (C=O) groups excluding carboxylic acids is 2. The number of aromatic nitrogens is 2. The predicted octanol–water partition coefficient (Wildman–Crippen LogP) is 4.84. The van der Waals surface area contributed by atoms with Gasteiger partial charge in [-0.3, -0.25) is 9.59 Å². The van der Waals surface area contributed by atoms with Crippen LogP contribution in [-0.4, -0.2) is 39.6 Å². The number of nitrogens with zero attached hydrogens (tertiary/aromatic N) is 2. The van der Waals surface area contributed by atoms with E-state index >= 15 is 0 Å². The van der Waals surface area contributed by atoms with E-state index in [1.807, 2.05) is 30.3 Å². The highest BCUT2D eigenvalue weighted by Gasteiger charge is 2.29. The van der Waals surface area contributed by atoms with Crippen LogP contribution in [0.1, 0.15) is 61.5 Å². The Morgan fingerprint density at radius 3 is 2.59 bits per heavy atom. The van der Waals surface area contributed by atoms with E-state index in [1.165, 1.54) is 18.3 Å². The van der Waals surface area contributed by atoms with Gasteiger partial charge in [-0.1, -0.05) is 36.4 Å². The summed E-state index contributed by atoms with van der Waals surface area (Å²) in [4.78, 5) is 43.8. The minimum atomic E-state index is -1.000. The normalized spacial score (nSPS) is 17.2. The summed E-state index contributed by atoms with van der Waals surface area (Å²) in [6.07, 6.45) is 3.74. The molecule has 1 aliphatic carbocycles. The first-order valence-electron chi connectivity index (χ1n) is 13.5. The average molecular weight is 562 g/mol. The molecule has 0 bridgehead atoms. The average Bonchev–Trinajstić information content (AvgIpc) is 3.48. The second-order valence-electron chi connectivity index (χ2n) is 10.1. The summed E-state index contributed by atoms with van der Waals surface area (Å²) < 4.78 is 19.4. The van der Waals surface area contributed by atoms with Crippen molar-refractivity contribution in [2.45, 2.75) is 51.2 Å². The van der Waals surface area contributed by atoms with Crippen LogP contribution in [0.15, 0.2) is 54.7 Å². The highest BCUT2D eigenvalue weighted by Crippen LogP contribution is 2.30. The highest BCUT2D eigenvalue weighted by molar-refractivity contribution is 5.79. The number of carbonyl (C=O) groups is 3. The molecular weight excluding hydrogens is 529 g/mol. The van der Waals surface area contributed by atoms with Gasteiger partial charge in [0, 0.05) is 24.4 Å². The van der Waals surface area contributed by atoms with Gasteiger partial charge in [-0.25, -0.2) is 14.2 Å². The van der Waals surface area contributed by atoms with Crippen molar-refractivity contribution in [3.05, 3.63) is 77.5 Å². The number of nitrogens with one attached hydrogen (secondary N) is 3. The Balaban J connectivity index is 1.28. The summed E-state index contributed by atoms with van der Waals surface area (Å²) in [7, 11) is 0. The number of benzene rings is 2. The van der Waals surface area contributed by atoms with Gasteiger partial charge in [0.05, 0.1) is 23.5 Å². The first-order valence-corrected chi connectivity index (χ1v) is 13.5. The number of aromatic amines is 1. The maximum absolute atomic E-state index is 14.1. The molecular formula is C30H32FN5O5. The number of amides is 2. The molecule has 1 heterocycles. The van der Waals surface area contributed by atoms with Crippen molar-refractivity contribution >= 4 is 18.0 Å². The lowest BCUT2D eigenvalue weighted by atomic mass is 9.81. The predicted molar refractivity (Wildman–Crippen MR) is 147 cm³/mol. The Morgan fingerprint density at radius 2 is 1.90 bits per heavy atom. The Hall–Kier alpha value is -4.72. The van der Waals surface area contributed by atoms with Crippen LogP contribution in [0.5, 0.6) is 0 Å². The molecule has 0 aliphatic heterocycles. The highest BCUT2D eigenvalue weighted by atomic mass is 19.1. The first-order chi connectivity index (χ1) is 19.8. The molecule has 2 amide bonds. The summed E-state index contributed by atoms with van der Waals surface area (Å²) in [5.41, 5.74) is 1.78. The van der Waals surface area contributed by atoms with E-state index in [1.54, 1.807) is 12.1 Å². The molecule has 4 rings (SSSR count). The van der Waals surface area contributed by atoms with Crippen LogP contribution in [-0.2, 0) is 20.9 Å². The van der Waals surface area contributed by atoms with Crippen LogP contribution in [0.25, 0.3) is 11.3 Å². The molecule has 10 nitrogen and oxygen atoms in total. The number of nitriles is 1. The van der Waals surface area contributed by atoms with E-state index in [0.717, 1.165) is 18.4 Å². The molecule has 0 unspecified atom stereocenters. The number of ether oxygens (including phenoxy) is 1. The van der Waals surface area contributed by atoms with E-state index in [0.29, 0.717) is 36.5 Å². The summed E-state index contributed by atoms with van der Waals surface area (Å²) in [5.74, 6) is -1.49. The Morgan fingerprint density at radius 1 is 1.15 bits per heavy atom. The number of H-pyrrole nitrogens is 1. The van der Waals surface area contributed by atoms with Crippen LogP contribution in [0.2, 0.25) is 0 Å². The molecule has 214 valence electrons. The van der Waals surface area contributed by atoms with Crippen LogP contribution in [0.3, 0.4) is 0 Å². The first kappa shape index (κ1) is 29.3. The van der Waals surface area contributed by atoms with Crippen molar-refractivity contribution in [1.82, 2.24) is 20.6 Å². The summed E-state index contributed by atoms with van der Waals surface area (Å²) in [6, 6.07) is 14.7. The van der Waals surface area contributed by atoms with E-state index in [9.17, 15) is 23.9 Å². The molecule has 1 fully saturated rings. The molecule has 0 saturated heterocycles. The summed E-state index contributed by atoms with van der Waals surface area (Å²) >= 11 is 0. The van der Waals surface area contributed by atoms with Gasteiger partial charge < -0.3 is 25.5 Å². The minimum Gasteiger partial charge on any atom is -0.481 e. The molecule has 3 aromatic rings. The minimum absolute atomic E-state index is 0.0754. The number of carboxylic acids is 1. The maximum Gasteiger partial charge on any atom is 0.407 e. The lowest BCUT2D eigenvalue weighted by molar-refractivity contribution is -0.137. The number of rotatable bonds is 11. The van der Waals surface area contributed by atoms with E-state index in [-0.39, 0.29) is 42.8 Å². The third kappa shape index (κ3) is 8.38. The van der Waals surface area contributed by atoms with Gasteiger partial charge in [0.1, 0.15) is 24.3 Å². The zero-order chi connectivity index (χ0) is 29.2. The van der Waals surface area contributed by atoms with Crippen molar-refractivity contribution in [1.29, 1.82) is 5.26 Å². The second-order valence-corrected chi connectivity index (χ2v) is 10.1. The second kappa shape index (κ2) is 14.1. The Bertz CT molecular complexity index is 1400. The van der Waals surface area contributed by atoms with Gasteiger partial charge in [0.25, 0.3) is 0 Å². The van der Waals surface area contributed by atoms with Crippen LogP contribution in [0.4, 0.5) is 9.18 Å². The number of hydrogen-bond donors (Lipinski definition) is 4. The number of halogens is 1. The lowest BCUT2D eigenvalue weighted by Gasteiger charge is -2.29. The molecule has 0 spiro atoms. The van der Waals surface area contributed by atoms with Gasteiger partial charge in [-0.2, -0.15) is 5.26 Å². The van der Waals surface area contributed by atoms with Gasteiger partial charge in [0.2, 0.25) is 5.91 Å². The number of imidazole rings is 1. The number of alkyl carbamates (subject to hydrolysis) is 1. The topological polar surface area (TPSA) is 157 Å². The zero-order valence-electron chi connectivity index (χ0n) is 22.4. The molecule has 1 saturated carbocycles. The van der Waals surface area contributed by atoms with E-state index in [2.05, 4.69) is 20.6 Å². The van der Waals surface area contributed by atoms with Crippen LogP contribution in [0, 0.1) is 29.0 Å². The van der Waals surface area contributed by atoms with Crippen molar-refractivity contribution < 1.29 is 28.6 Å². The fourth-order valence-corrected chi connectivity index (χ4v) is 4.90. The molecule has 0 radical (unpaired) electrons. The number of aliphatic carboxylic acids is 1. The van der Waals surface area contributed by atoms with Crippen molar-refractivity contribution in [3.8, 4) is 17.3 Å². The third-order valence-corrected chi connectivity index (χ3v) is 7.25. The molecule has 41 heavy (non-hydrogen) atoms. The van der Waals surface area contributed by atoms with Gasteiger partial charge in [0.15, 0.2) is 0 Å². The SMILES string of the molecule is N#Cc1ccc(-c2cnc([C@H](CCC(=O)O)NC(=O)[C@H]3CC[C@H](CNC(=O)OCc4ccccc4)CC3)[nH]2)cc1F. The van der Waals surface area contributed by atoms with Gasteiger partial charge >= 0.3 is 12.1 Å². The van der Waals surface area contributed by atoms with Crippen LogP contribution >= 0.6 is 0 Å². The molecule has 4 N–H and O–H groups in total. The smallest absolute Gasteiger partial charge is 0.407 e. The van der Waals surface area contributed by atoms with Crippen molar-refractivity contribution in [2.24, 2.45) is 11.8 Å². The number of carboxylic acid groups (broad SMARTS) is 1. The van der Waals surface area contributed by atoms with E-state index < -0.39 is 23.9 Å². The summed E-state index contributed by atoms with van der Waals surface area (Å²) in [5, 5.41) is 23.9. The third-order valence-electron chi connectivity index (χ3n) is 7.25. The molecule has 1 atom stereocenters. The number of hydrogen-bond acceptors (Lipinski definition) is 6. The molecule has 1 aromatic heterocycles. The fraction of sp³-hybridized carbons (Fsp3) is 0.367. The van der Waals surface area contributed by atoms with Crippen LogP contribution < -0.4 is 10.6 Å². The quantitative estimate of drug-likeness (QED) is 0.261. The lowest BCUT2D eigenvalue weighted by Crippen LogP contribution is -2.38. The zero-order valence-corrected chi connectivity index (χ0v) is 22.4. The van der Waals surface area contributed by atoms with Crippen molar-refractivity contribution in [2.75, 3.05) is 6.54 Å². The standard InChI is InChI=1S/C30H32FN5O5/c31-24-14-22(10-11-23(24)15-32)26-17-33-28(35-26)25(12-13-27(37)38)36-29(39)21-8-6-19(7-9-21)16-34-30(40)41-18-20-4-2-1-3-5-20/h1-5,10-11,14,17,19,21,25H,6-9,12-13,16,18H2,(H,33,35)(H,34,40)(H,36,39)(H,37,38)/t19-,21-,25-/m0/s1. The van der Waals surface area contributed by atoms with Gasteiger partial charge in [-0.05, 0) is 55.7 Å². The monoisotopic (exact) mass is 561 g/mol. The Kier molecular flexibility index (Phi) is 10.0. The maximum atomic E-state index is 14.1. The fourth-order valence-electron chi connectivity index (χ4n) is 4.90. The van der Waals surface area contributed by atoms with E-state index in [4.69, 9.17) is 10.00 Å². The molecule has 1 aliphatic rings. The largest absolute Gasteiger partial charge is 0.481 e. The van der Waals surface area contributed by atoms with Crippen molar-refractivity contribution in [3.63, 3.8) is 0 Å². The summed E-state index contributed by atoms with van der Waals surface area (Å²) in [6.45, 7) is 0.665. The molecule has 2 aromatic carbocycles.